The van der Waals surface area contributed by atoms with Crippen LogP contribution in [0.25, 0.3) is 10.9 Å². The Morgan fingerprint density at radius 2 is 1.89 bits per heavy atom. The summed E-state index contributed by atoms with van der Waals surface area (Å²) >= 11 is 0. The number of piperazine rings is 1. The number of anilines is 1. The Balaban J connectivity index is 1.47. The monoisotopic (exact) mass is 490 g/mol. The van der Waals surface area contributed by atoms with Crippen molar-refractivity contribution in [2.24, 2.45) is 0 Å². The number of rotatable bonds is 7. The molecule has 2 N–H and O–H groups in total. The summed E-state index contributed by atoms with van der Waals surface area (Å²) in [6, 6.07) is 2.58. The van der Waals surface area contributed by atoms with Crippen LogP contribution in [-0.2, 0) is 9.53 Å². The minimum Gasteiger partial charge on any atom is -0.469 e. The third-order valence-corrected chi connectivity index (χ3v) is 6.17. The van der Waals surface area contributed by atoms with Gasteiger partial charge in [-0.2, -0.15) is 0 Å². The molecule has 1 aromatic heterocycles. The topological polar surface area (TPSA) is 130 Å². The molecule has 0 spiro atoms. The average molecular weight is 490 g/mol. The molecule has 4 rings (SSSR count). The smallest absolute Gasteiger partial charge is 0.469 e. The van der Waals surface area contributed by atoms with Crippen LogP contribution in [-0.4, -0.2) is 72.6 Å². The normalized spacial score (nSPS) is 15.7. The van der Waals surface area contributed by atoms with Crippen LogP contribution in [0.2, 0.25) is 0 Å². The zero-order valence-corrected chi connectivity index (χ0v) is 19.3. The number of nitrogens with zero attached hydrogens (tertiary/aromatic N) is 3. The number of carbonyl (C=O) groups is 3. The van der Waals surface area contributed by atoms with Crippen molar-refractivity contribution in [1.29, 1.82) is 0 Å². The predicted molar refractivity (Wildman–Crippen MR) is 124 cm³/mol. The average Bonchev–Trinajstić information content (AvgIpc) is 3.68. The first-order valence-corrected chi connectivity index (χ1v) is 11.4. The van der Waals surface area contributed by atoms with E-state index in [1.807, 2.05) is 4.90 Å². The van der Waals surface area contributed by atoms with Crippen LogP contribution in [0.15, 0.2) is 23.1 Å². The Morgan fingerprint density at radius 3 is 2.51 bits per heavy atom. The molecule has 2 fully saturated rings. The van der Waals surface area contributed by atoms with Gasteiger partial charge in [0.05, 0.1) is 29.9 Å². The van der Waals surface area contributed by atoms with E-state index in [1.165, 1.54) is 13.3 Å². The number of carboxylic acid groups (broad SMARTS) is 1. The Bertz CT molecular complexity index is 1200. The van der Waals surface area contributed by atoms with E-state index in [0.29, 0.717) is 50.3 Å². The SMILES string of the molecule is COC(=O)CCCNC(=O)N1CCN(c2cc3c(cc2F)c(=O)c(OC(=O)O)cn3C2CC2)CC1. The van der Waals surface area contributed by atoms with E-state index >= 15 is 4.39 Å². The lowest BCUT2D eigenvalue weighted by molar-refractivity contribution is -0.140. The molecule has 2 heterocycles. The predicted octanol–water partition coefficient (Wildman–Crippen LogP) is 2.32. The van der Waals surface area contributed by atoms with Crippen LogP contribution in [0, 0.1) is 5.82 Å². The third kappa shape index (κ3) is 5.47. The van der Waals surface area contributed by atoms with E-state index in [4.69, 9.17) is 5.11 Å². The summed E-state index contributed by atoms with van der Waals surface area (Å²) in [6.45, 7) is 1.89. The van der Waals surface area contributed by atoms with Crippen LogP contribution in [0.4, 0.5) is 19.7 Å². The van der Waals surface area contributed by atoms with E-state index < -0.39 is 17.4 Å². The van der Waals surface area contributed by atoms with Gasteiger partial charge in [-0.1, -0.05) is 0 Å². The number of pyridine rings is 1. The lowest BCUT2D eigenvalue weighted by atomic mass is 10.1. The fraction of sp³-hybridized carbons (Fsp3) is 0.478. The second-order valence-electron chi connectivity index (χ2n) is 8.54. The molecule has 1 aliphatic heterocycles. The number of esters is 1. The van der Waals surface area contributed by atoms with Gasteiger partial charge in [-0.05, 0) is 31.4 Å². The highest BCUT2D eigenvalue weighted by atomic mass is 19.1. The number of halogens is 1. The van der Waals surface area contributed by atoms with Crippen molar-refractivity contribution in [3.63, 3.8) is 0 Å². The number of ether oxygens (including phenoxy) is 2. The molecule has 11 nitrogen and oxygen atoms in total. The fourth-order valence-electron chi connectivity index (χ4n) is 4.19. The van der Waals surface area contributed by atoms with Gasteiger partial charge in [0, 0.05) is 45.2 Å². The van der Waals surface area contributed by atoms with Crippen molar-refractivity contribution in [2.75, 3.05) is 44.7 Å². The molecule has 1 saturated heterocycles. The molecule has 35 heavy (non-hydrogen) atoms. The van der Waals surface area contributed by atoms with Crippen LogP contribution in [0.1, 0.15) is 31.7 Å². The van der Waals surface area contributed by atoms with Crippen LogP contribution < -0.4 is 20.4 Å². The van der Waals surface area contributed by atoms with E-state index in [2.05, 4.69) is 14.8 Å². The molecule has 2 aromatic rings. The maximum Gasteiger partial charge on any atom is 0.511 e. The van der Waals surface area contributed by atoms with Gasteiger partial charge in [0.15, 0.2) is 5.75 Å². The van der Waals surface area contributed by atoms with Gasteiger partial charge in [-0.15, -0.1) is 0 Å². The molecule has 0 unspecified atom stereocenters. The second-order valence-corrected chi connectivity index (χ2v) is 8.54. The maximum atomic E-state index is 15.1. The second kappa shape index (κ2) is 10.2. The molecular formula is C23H27FN4O7. The highest BCUT2D eigenvalue weighted by molar-refractivity contribution is 5.85. The first-order valence-electron chi connectivity index (χ1n) is 11.4. The zero-order chi connectivity index (χ0) is 25.1. The molecular weight excluding hydrogens is 463 g/mol. The minimum absolute atomic E-state index is 0.0573. The van der Waals surface area contributed by atoms with Crippen LogP contribution in [0.3, 0.4) is 0 Å². The number of hydrogen-bond donors (Lipinski definition) is 2. The summed E-state index contributed by atoms with van der Waals surface area (Å²) in [4.78, 5) is 50.7. The quantitative estimate of drug-likeness (QED) is 0.447. The summed E-state index contributed by atoms with van der Waals surface area (Å²) < 4.78 is 26.1. The van der Waals surface area contributed by atoms with Gasteiger partial charge in [-0.25, -0.2) is 14.0 Å². The van der Waals surface area contributed by atoms with E-state index in [9.17, 15) is 19.2 Å². The van der Waals surface area contributed by atoms with E-state index in [-0.39, 0.29) is 35.6 Å². The van der Waals surface area contributed by atoms with Gasteiger partial charge in [0.25, 0.3) is 0 Å². The number of carbonyl (C=O) groups excluding carboxylic acids is 2. The maximum absolute atomic E-state index is 15.1. The number of benzene rings is 1. The van der Waals surface area contributed by atoms with Gasteiger partial charge < -0.3 is 34.3 Å². The molecule has 0 bridgehead atoms. The molecule has 2 amide bonds. The summed E-state index contributed by atoms with van der Waals surface area (Å²) in [5.41, 5.74) is 0.146. The number of fused-ring (bicyclic) bond motifs is 1. The number of aromatic nitrogens is 1. The zero-order valence-electron chi connectivity index (χ0n) is 19.3. The van der Waals surface area contributed by atoms with Gasteiger partial charge in [0.2, 0.25) is 5.43 Å². The van der Waals surface area contributed by atoms with Gasteiger partial charge >= 0.3 is 18.2 Å². The largest absolute Gasteiger partial charge is 0.511 e. The molecule has 0 atom stereocenters. The first kappa shape index (κ1) is 24.3. The van der Waals surface area contributed by atoms with Crippen LogP contribution >= 0.6 is 0 Å². The fourth-order valence-corrected chi connectivity index (χ4v) is 4.19. The van der Waals surface area contributed by atoms with Gasteiger partial charge in [0.1, 0.15) is 5.82 Å². The minimum atomic E-state index is -1.61. The van der Waals surface area contributed by atoms with Gasteiger partial charge in [-0.3, -0.25) is 9.59 Å². The number of hydrogen-bond acceptors (Lipinski definition) is 7. The number of amides is 2. The van der Waals surface area contributed by atoms with Crippen LogP contribution in [0.5, 0.6) is 5.75 Å². The summed E-state index contributed by atoms with van der Waals surface area (Å²) in [6.07, 6.45) is 2.20. The molecule has 1 saturated carbocycles. The molecule has 12 heteroatoms. The van der Waals surface area contributed by atoms with Crippen molar-refractivity contribution in [3.8, 4) is 5.75 Å². The lowest BCUT2D eigenvalue weighted by Crippen LogP contribution is -2.52. The molecule has 1 aromatic carbocycles. The lowest BCUT2D eigenvalue weighted by Gasteiger charge is -2.36. The standard InChI is InChI=1S/C23H27FN4O7/c1-34-20(29)3-2-6-25-22(31)27-9-7-26(8-10-27)18-12-17-15(11-16(18)24)21(30)19(35-23(32)33)13-28(17)14-4-5-14/h11-14H,2-10H2,1H3,(H,25,31)(H,32,33). The molecule has 0 radical (unpaired) electrons. The molecule has 2 aliphatic rings. The molecule has 1 aliphatic carbocycles. The Kier molecular flexibility index (Phi) is 7.08. The summed E-state index contributed by atoms with van der Waals surface area (Å²) in [7, 11) is 1.31. The Hall–Kier alpha value is -3.83. The first-order chi connectivity index (χ1) is 16.8. The third-order valence-electron chi connectivity index (χ3n) is 6.17. The molecule has 188 valence electrons. The van der Waals surface area contributed by atoms with Crippen molar-refractivity contribution < 1.29 is 33.4 Å². The van der Waals surface area contributed by atoms with Crippen molar-refractivity contribution in [3.05, 3.63) is 34.4 Å². The summed E-state index contributed by atoms with van der Waals surface area (Å²) in [5, 5.41) is 11.8. The highest BCUT2D eigenvalue weighted by Crippen LogP contribution is 2.39. The Morgan fingerprint density at radius 1 is 1.17 bits per heavy atom. The van der Waals surface area contributed by atoms with E-state index in [1.54, 1.807) is 15.5 Å². The Labute approximate surface area is 200 Å². The highest BCUT2D eigenvalue weighted by Gasteiger charge is 2.28. The summed E-state index contributed by atoms with van der Waals surface area (Å²) in [5.74, 6) is -1.29. The number of methoxy groups -OCH3 is 1. The number of urea groups is 1. The number of nitrogens with one attached hydrogen (secondary N) is 1. The van der Waals surface area contributed by atoms with E-state index in [0.717, 1.165) is 18.9 Å². The van der Waals surface area contributed by atoms with Crippen molar-refractivity contribution in [1.82, 2.24) is 14.8 Å². The van der Waals surface area contributed by atoms with Crippen molar-refractivity contribution in [2.45, 2.75) is 31.7 Å². The van der Waals surface area contributed by atoms with Crippen molar-refractivity contribution >= 4 is 34.7 Å².